The molecule has 0 amide bonds. The fourth-order valence-electron chi connectivity index (χ4n) is 3.51. The molecule has 0 saturated carbocycles. The molecule has 7 nitrogen and oxygen atoms in total. The van der Waals surface area contributed by atoms with E-state index in [2.05, 4.69) is 37.9 Å². The molecule has 1 aliphatic rings. The van der Waals surface area contributed by atoms with E-state index in [-0.39, 0.29) is 13.2 Å². The lowest BCUT2D eigenvalue weighted by molar-refractivity contribution is -0.138. The van der Waals surface area contributed by atoms with Gasteiger partial charge in [-0.25, -0.2) is 9.48 Å². The molecule has 170 valence electrons. The van der Waals surface area contributed by atoms with Gasteiger partial charge in [-0.1, -0.05) is 57.9 Å². The highest BCUT2D eigenvalue weighted by atomic mass is 79.9. The molecule has 3 aromatic rings. The van der Waals surface area contributed by atoms with Gasteiger partial charge in [-0.15, -0.1) is 0 Å². The van der Waals surface area contributed by atoms with Gasteiger partial charge in [-0.05, 0) is 37.3 Å². The Kier molecular flexibility index (Phi) is 7.07. The molecule has 1 aliphatic heterocycles. The van der Waals surface area contributed by atoms with Gasteiger partial charge in [-0.3, -0.25) is 0 Å². The van der Waals surface area contributed by atoms with Crippen molar-refractivity contribution in [1.82, 2.24) is 14.8 Å². The second-order valence-electron chi connectivity index (χ2n) is 7.19. The van der Waals surface area contributed by atoms with Gasteiger partial charge in [-0.2, -0.15) is 10.1 Å². The smallest absolute Gasteiger partial charge is 0.338 e. The van der Waals surface area contributed by atoms with Crippen molar-refractivity contribution >= 4 is 51.0 Å². The average molecular weight is 550 g/mol. The summed E-state index contributed by atoms with van der Waals surface area (Å²) in [5, 5.41) is 8.51. The Bertz CT molecular complexity index is 1260. The number of esters is 1. The minimum absolute atomic E-state index is 0.0868. The Balaban J connectivity index is 1.76. The van der Waals surface area contributed by atoms with E-state index < -0.39 is 12.0 Å². The van der Waals surface area contributed by atoms with E-state index in [1.54, 1.807) is 23.7 Å². The number of carbonyl (C=O) groups excluding carboxylic acids is 1. The predicted octanol–water partition coefficient (Wildman–Crippen LogP) is 5.94. The van der Waals surface area contributed by atoms with E-state index in [1.807, 2.05) is 24.3 Å². The SMILES string of the molecule is C=CCOC(=O)C1=C(C)Nc2ncnn2C1c1cc(Br)ccc1OCc1ccc(Cl)cc1Cl. The van der Waals surface area contributed by atoms with Gasteiger partial charge in [0.25, 0.3) is 0 Å². The van der Waals surface area contributed by atoms with Crippen LogP contribution in [0.4, 0.5) is 5.95 Å². The molecular weight excluding hydrogens is 531 g/mol. The summed E-state index contributed by atoms with van der Waals surface area (Å²) in [4.78, 5) is 17.3. The molecule has 2 heterocycles. The Labute approximate surface area is 209 Å². The standard InChI is InChI=1S/C23H19BrCl2N4O3/c1-3-8-32-22(31)20-13(2)29-23-27-12-28-30(23)21(20)17-9-15(24)5-7-19(17)33-11-14-4-6-16(25)10-18(14)26/h3-7,9-10,12,21H,1,8,11H2,2H3,(H,27,28,29). The van der Waals surface area contributed by atoms with E-state index in [0.29, 0.717) is 38.6 Å². The van der Waals surface area contributed by atoms with Crippen LogP contribution in [0.2, 0.25) is 10.0 Å². The Morgan fingerprint density at radius 1 is 1.30 bits per heavy atom. The number of hydrogen-bond donors (Lipinski definition) is 1. The molecule has 0 fully saturated rings. The molecule has 1 atom stereocenters. The Morgan fingerprint density at radius 2 is 2.12 bits per heavy atom. The number of ether oxygens (including phenoxy) is 2. The van der Waals surface area contributed by atoms with Crippen molar-refractivity contribution in [1.29, 1.82) is 0 Å². The predicted molar refractivity (Wildman–Crippen MR) is 131 cm³/mol. The van der Waals surface area contributed by atoms with Gasteiger partial charge >= 0.3 is 5.97 Å². The number of aromatic nitrogens is 3. The largest absolute Gasteiger partial charge is 0.488 e. The number of benzene rings is 2. The summed E-state index contributed by atoms with van der Waals surface area (Å²) >= 11 is 15.8. The zero-order valence-electron chi connectivity index (χ0n) is 17.5. The summed E-state index contributed by atoms with van der Waals surface area (Å²) in [6.07, 6.45) is 2.94. The van der Waals surface area contributed by atoms with Crippen LogP contribution < -0.4 is 10.1 Å². The molecule has 2 aromatic carbocycles. The lowest BCUT2D eigenvalue weighted by Crippen LogP contribution is -2.30. The monoisotopic (exact) mass is 548 g/mol. The zero-order valence-corrected chi connectivity index (χ0v) is 20.6. The molecule has 0 bridgehead atoms. The molecule has 4 rings (SSSR count). The fraction of sp³-hybridized carbons (Fsp3) is 0.174. The number of rotatable bonds is 7. The van der Waals surface area contributed by atoms with E-state index >= 15 is 0 Å². The third-order valence-corrected chi connectivity index (χ3v) is 6.09. The van der Waals surface area contributed by atoms with Crippen LogP contribution in [0.3, 0.4) is 0 Å². The van der Waals surface area contributed by atoms with Gasteiger partial charge in [0, 0.05) is 31.3 Å². The van der Waals surface area contributed by atoms with Crippen LogP contribution in [-0.4, -0.2) is 27.3 Å². The van der Waals surface area contributed by atoms with Crippen molar-refractivity contribution < 1.29 is 14.3 Å². The second-order valence-corrected chi connectivity index (χ2v) is 8.95. The maximum absolute atomic E-state index is 13.0. The van der Waals surface area contributed by atoms with Crippen LogP contribution in [0, 0.1) is 0 Å². The first kappa shape index (κ1) is 23.4. The van der Waals surface area contributed by atoms with Crippen molar-refractivity contribution in [2.75, 3.05) is 11.9 Å². The summed E-state index contributed by atoms with van der Waals surface area (Å²) in [5.41, 5.74) is 2.48. The third-order valence-electron chi connectivity index (χ3n) is 5.01. The highest BCUT2D eigenvalue weighted by molar-refractivity contribution is 9.10. The number of nitrogens with one attached hydrogen (secondary N) is 1. The average Bonchev–Trinajstić information content (AvgIpc) is 3.24. The van der Waals surface area contributed by atoms with E-state index in [9.17, 15) is 4.79 Å². The zero-order chi connectivity index (χ0) is 23.5. The molecule has 0 spiro atoms. The van der Waals surface area contributed by atoms with Gasteiger partial charge < -0.3 is 14.8 Å². The molecule has 33 heavy (non-hydrogen) atoms. The molecule has 0 radical (unpaired) electrons. The number of carbonyl (C=O) groups is 1. The molecule has 1 unspecified atom stereocenters. The lowest BCUT2D eigenvalue weighted by Gasteiger charge is -2.29. The minimum Gasteiger partial charge on any atom is -0.488 e. The van der Waals surface area contributed by atoms with Crippen LogP contribution in [0.1, 0.15) is 24.1 Å². The first-order valence-corrected chi connectivity index (χ1v) is 11.5. The quantitative estimate of drug-likeness (QED) is 0.290. The van der Waals surface area contributed by atoms with Crippen molar-refractivity contribution in [2.45, 2.75) is 19.6 Å². The maximum Gasteiger partial charge on any atom is 0.338 e. The number of nitrogens with zero attached hydrogens (tertiary/aromatic N) is 3. The first-order valence-electron chi connectivity index (χ1n) is 9.90. The van der Waals surface area contributed by atoms with Crippen LogP contribution in [0.15, 0.2) is 71.1 Å². The molecular formula is C23H19BrCl2N4O3. The van der Waals surface area contributed by atoms with Crippen molar-refractivity contribution in [3.8, 4) is 5.75 Å². The van der Waals surface area contributed by atoms with Crippen molar-refractivity contribution in [2.24, 2.45) is 0 Å². The summed E-state index contributed by atoms with van der Waals surface area (Å²) in [5.74, 6) is 0.571. The molecule has 1 N–H and O–H groups in total. The normalized spacial score (nSPS) is 15.0. The summed E-state index contributed by atoms with van der Waals surface area (Å²) < 4.78 is 14.0. The summed E-state index contributed by atoms with van der Waals surface area (Å²) in [6.45, 7) is 5.70. The first-order chi connectivity index (χ1) is 15.9. The van der Waals surface area contributed by atoms with Crippen LogP contribution >= 0.6 is 39.1 Å². The summed E-state index contributed by atoms with van der Waals surface area (Å²) in [6, 6.07) is 10.2. The number of anilines is 1. The van der Waals surface area contributed by atoms with Crippen LogP contribution in [0.5, 0.6) is 5.75 Å². The van der Waals surface area contributed by atoms with Gasteiger partial charge in [0.1, 0.15) is 31.3 Å². The third kappa shape index (κ3) is 4.93. The number of halogens is 3. The maximum atomic E-state index is 13.0. The number of hydrogen-bond acceptors (Lipinski definition) is 6. The highest BCUT2D eigenvalue weighted by Gasteiger charge is 2.36. The lowest BCUT2D eigenvalue weighted by atomic mass is 9.95. The molecule has 0 aliphatic carbocycles. The van der Waals surface area contributed by atoms with Crippen LogP contribution in [0.25, 0.3) is 0 Å². The van der Waals surface area contributed by atoms with Gasteiger partial charge in [0.15, 0.2) is 0 Å². The van der Waals surface area contributed by atoms with E-state index in [4.69, 9.17) is 32.7 Å². The van der Waals surface area contributed by atoms with Crippen LogP contribution in [-0.2, 0) is 16.1 Å². The van der Waals surface area contributed by atoms with Gasteiger partial charge in [0.05, 0.1) is 5.57 Å². The number of allylic oxidation sites excluding steroid dienone is 1. The minimum atomic E-state index is -0.630. The van der Waals surface area contributed by atoms with Gasteiger partial charge in [0.2, 0.25) is 5.95 Å². The fourth-order valence-corrected chi connectivity index (χ4v) is 4.36. The van der Waals surface area contributed by atoms with E-state index in [0.717, 1.165) is 10.0 Å². The Morgan fingerprint density at radius 3 is 2.88 bits per heavy atom. The topological polar surface area (TPSA) is 78.3 Å². The highest BCUT2D eigenvalue weighted by Crippen LogP contribution is 2.40. The van der Waals surface area contributed by atoms with E-state index in [1.165, 1.54) is 12.4 Å². The molecule has 1 aromatic heterocycles. The summed E-state index contributed by atoms with van der Waals surface area (Å²) in [7, 11) is 0. The Hall–Kier alpha value is -2.81. The molecule has 0 saturated heterocycles. The van der Waals surface area contributed by atoms with Crippen molar-refractivity contribution in [3.63, 3.8) is 0 Å². The molecule has 10 heteroatoms. The number of fused-ring (bicyclic) bond motifs is 1. The second kappa shape index (κ2) is 9.99. The van der Waals surface area contributed by atoms with Crippen molar-refractivity contribution in [3.05, 3.63) is 92.3 Å².